The molecular formula is C12H23OP. The quantitative estimate of drug-likeness (QED) is 0.354. The molecule has 1 nitrogen and oxygen atoms in total. The van der Waals surface area contributed by atoms with Gasteiger partial charge in [0.05, 0.1) is 6.61 Å². The molecule has 14 heavy (non-hydrogen) atoms. The molecule has 0 spiro atoms. The highest BCUT2D eigenvalue weighted by Crippen LogP contribution is 2.19. The van der Waals surface area contributed by atoms with Crippen molar-refractivity contribution in [2.75, 3.05) is 6.61 Å². The highest BCUT2D eigenvalue weighted by atomic mass is 31.0. The van der Waals surface area contributed by atoms with E-state index in [2.05, 4.69) is 42.0 Å². The van der Waals surface area contributed by atoms with Crippen molar-refractivity contribution in [3.05, 3.63) is 24.3 Å². The fraction of sp³-hybridized carbons (Fsp3) is 0.667. The Labute approximate surface area is 90.9 Å². The first-order valence-electron chi connectivity index (χ1n) is 5.23. The lowest BCUT2D eigenvalue weighted by Crippen LogP contribution is -2.06. The summed E-state index contributed by atoms with van der Waals surface area (Å²) >= 11 is 0. The molecule has 0 aliphatic carbocycles. The summed E-state index contributed by atoms with van der Waals surface area (Å²) in [5.74, 6) is 1.34. The van der Waals surface area contributed by atoms with Crippen LogP contribution in [0.5, 0.6) is 0 Å². The lowest BCUT2D eigenvalue weighted by Gasteiger charge is -2.16. The summed E-state index contributed by atoms with van der Waals surface area (Å²) in [4.78, 5) is 0. The standard InChI is InChI=1S/C12H23OP/c1-10(2)7-8-12(11(3)4)6-5-9-13-14/h7-8,11-12H,1,5-6,9,14H2,2-4H3/b8-7+/t12-/m1/s1. The summed E-state index contributed by atoms with van der Waals surface area (Å²) in [6, 6.07) is 0. The minimum atomic E-state index is 0.645. The molecule has 0 heterocycles. The maximum Gasteiger partial charge on any atom is 0.0502 e. The second-order valence-corrected chi connectivity index (χ2v) is 4.46. The summed E-state index contributed by atoms with van der Waals surface area (Å²) in [6.45, 7) is 11.2. The first kappa shape index (κ1) is 13.9. The van der Waals surface area contributed by atoms with Crippen LogP contribution in [0, 0.1) is 11.8 Å². The van der Waals surface area contributed by atoms with Crippen LogP contribution in [0.4, 0.5) is 0 Å². The minimum Gasteiger partial charge on any atom is -0.366 e. The van der Waals surface area contributed by atoms with E-state index in [0.717, 1.165) is 18.6 Å². The van der Waals surface area contributed by atoms with Gasteiger partial charge in [-0.3, -0.25) is 0 Å². The van der Waals surface area contributed by atoms with Gasteiger partial charge in [0.1, 0.15) is 0 Å². The lowest BCUT2D eigenvalue weighted by atomic mass is 9.90. The van der Waals surface area contributed by atoms with E-state index in [1.54, 1.807) is 0 Å². The van der Waals surface area contributed by atoms with Gasteiger partial charge in [-0.15, -0.1) is 0 Å². The predicted octanol–water partition coefficient (Wildman–Crippen LogP) is 3.98. The van der Waals surface area contributed by atoms with Crippen molar-refractivity contribution in [1.29, 1.82) is 0 Å². The van der Waals surface area contributed by atoms with E-state index in [4.69, 9.17) is 4.52 Å². The Morgan fingerprint density at radius 3 is 2.57 bits per heavy atom. The van der Waals surface area contributed by atoms with Crippen LogP contribution in [0.2, 0.25) is 0 Å². The molecule has 0 bridgehead atoms. The van der Waals surface area contributed by atoms with Crippen LogP contribution in [0.1, 0.15) is 33.6 Å². The van der Waals surface area contributed by atoms with Gasteiger partial charge in [-0.2, -0.15) is 0 Å². The summed E-state index contributed by atoms with van der Waals surface area (Å²) in [5, 5.41) is 0. The van der Waals surface area contributed by atoms with E-state index < -0.39 is 0 Å². The van der Waals surface area contributed by atoms with Crippen LogP contribution in [-0.2, 0) is 4.52 Å². The molecule has 0 aromatic rings. The van der Waals surface area contributed by atoms with Gasteiger partial charge in [0.15, 0.2) is 0 Å². The van der Waals surface area contributed by atoms with Crippen molar-refractivity contribution in [2.24, 2.45) is 11.8 Å². The van der Waals surface area contributed by atoms with Crippen LogP contribution < -0.4 is 0 Å². The molecule has 0 rings (SSSR count). The van der Waals surface area contributed by atoms with E-state index in [0.29, 0.717) is 11.8 Å². The zero-order chi connectivity index (χ0) is 11.0. The molecule has 0 amide bonds. The molecule has 2 heteroatoms. The normalized spacial score (nSPS) is 13.8. The smallest absolute Gasteiger partial charge is 0.0502 e. The summed E-state index contributed by atoms with van der Waals surface area (Å²) in [7, 11) is 2.30. The van der Waals surface area contributed by atoms with Gasteiger partial charge in [-0.25, -0.2) is 0 Å². The van der Waals surface area contributed by atoms with E-state index in [9.17, 15) is 0 Å². The van der Waals surface area contributed by atoms with Gasteiger partial charge in [0, 0.05) is 9.47 Å². The van der Waals surface area contributed by atoms with Gasteiger partial charge in [0.2, 0.25) is 0 Å². The third-order valence-electron chi connectivity index (χ3n) is 2.28. The molecule has 0 radical (unpaired) electrons. The van der Waals surface area contributed by atoms with Crippen LogP contribution in [-0.4, -0.2) is 6.61 Å². The Bertz CT molecular complexity index is 185. The highest BCUT2D eigenvalue weighted by molar-refractivity contribution is 7.09. The zero-order valence-corrected chi connectivity index (χ0v) is 10.8. The van der Waals surface area contributed by atoms with Gasteiger partial charge in [-0.05, 0) is 31.6 Å². The topological polar surface area (TPSA) is 9.23 Å². The van der Waals surface area contributed by atoms with Crippen molar-refractivity contribution in [1.82, 2.24) is 0 Å². The predicted molar refractivity (Wildman–Crippen MR) is 67.2 cm³/mol. The Morgan fingerprint density at radius 1 is 1.50 bits per heavy atom. The van der Waals surface area contributed by atoms with Crippen molar-refractivity contribution >= 4 is 9.47 Å². The van der Waals surface area contributed by atoms with Crippen LogP contribution in [0.15, 0.2) is 24.3 Å². The molecule has 0 aliphatic heterocycles. The minimum absolute atomic E-state index is 0.645. The van der Waals surface area contributed by atoms with Gasteiger partial charge >= 0.3 is 0 Å². The SMILES string of the molecule is C=C(C)/C=C/[C@@H](CCCOP)C(C)C. The average molecular weight is 214 g/mol. The van der Waals surface area contributed by atoms with Gasteiger partial charge in [0.25, 0.3) is 0 Å². The maximum absolute atomic E-state index is 4.97. The Morgan fingerprint density at radius 2 is 2.14 bits per heavy atom. The third kappa shape index (κ3) is 7.29. The molecule has 0 fully saturated rings. The van der Waals surface area contributed by atoms with Crippen molar-refractivity contribution in [3.8, 4) is 0 Å². The van der Waals surface area contributed by atoms with Crippen LogP contribution in [0.3, 0.4) is 0 Å². The number of rotatable bonds is 7. The Hall–Kier alpha value is -0.130. The Kier molecular flexibility index (Phi) is 8.12. The maximum atomic E-state index is 4.97. The molecule has 82 valence electrons. The van der Waals surface area contributed by atoms with Crippen LogP contribution in [0.25, 0.3) is 0 Å². The summed E-state index contributed by atoms with van der Waals surface area (Å²) < 4.78 is 4.97. The first-order chi connectivity index (χ1) is 6.57. The summed E-state index contributed by atoms with van der Waals surface area (Å²) in [6.07, 6.45) is 6.70. The van der Waals surface area contributed by atoms with Crippen molar-refractivity contribution in [3.63, 3.8) is 0 Å². The largest absolute Gasteiger partial charge is 0.366 e. The van der Waals surface area contributed by atoms with Crippen LogP contribution >= 0.6 is 9.47 Å². The first-order valence-corrected chi connectivity index (χ1v) is 5.70. The fourth-order valence-electron chi connectivity index (χ4n) is 1.34. The van der Waals surface area contributed by atoms with E-state index >= 15 is 0 Å². The molecule has 0 saturated heterocycles. The lowest BCUT2D eigenvalue weighted by molar-refractivity contribution is 0.326. The van der Waals surface area contributed by atoms with Gasteiger partial charge < -0.3 is 4.52 Å². The Balaban J connectivity index is 3.96. The van der Waals surface area contributed by atoms with E-state index in [1.165, 1.54) is 6.42 Å². The monoisotopic (exact) mass is 214 g/mol. The average Bonchev–Trinajstić information content (AvgIpc) is 2.10. The molecule has 0 N–H and O–H groups in total. The fourth-order valence-corrected chi connectivity index (χ4v) is 1.51. The second kappa shape index (κ2) is 8.20. The number of hydrogen-bond donors (Lipinski definition) is 0. The summed E-state index contributed by atoms with van der Waals surface area (Å²) in [5.41, 5.74) is 1.12. The second-order valence-electron chi connectivity index (χ2n) is 4.13. The van der Waals surface area contributed by atoms with Gasteiger partial charge in [-0.1, -0.05) is 38.2 Å². The molecule has 0 aromatic heterocycles. The van der Waals surface area contributed by atoms with E-state index in [-0.39, 0.29) is 0 Å². The molecule has 0 aromatic carbocycles. The molecule has 2 atom stereocenters. The molecule has 1 unspecified atom stereocenters. The molecule has 0 saturated carbocycles. The molecular weight excluding hydrogens is 191 g/mol. The third-order valence-corrected chi connectivity index (χ3v) is 2.52. The zero-order valence-electron chi connectivity index (χ0n) is 9.62. The number of hydrogen-bond acceptors (Lipinski definition) is 1. The van der Waals surface area contributed by atoms with E-state index in [1.807, 2.05) is 6.92 Å². The molecule has 0 aliphatic rings. The van der Waals surface area contributed by atoms with Crippen molar-refractivity contribution < 1.29 is 4.52 Å². The van der Waals surface area contributed by atoms with Crippen molar-refractivity contribution in [2.45, 2.75) is 33.6 Å². The highest BCUT2D eigenvalue weighted by Gasteiger charge is 2.08. The number of allylic oxidation sites excluding steroid dienone is 3.